The first kappa shape index (κ1) is 33.4. The molecule has 0 fully saturated rings. The van der Waals surface area contributed by atoms with Gasteiger partial charge in [-0.2, -0.15) is 0 Å². The van der Waals surface area contributed by atoms with Crippen LogP contribution in [0.1, 0.15) is 48.6 Å². The highest BCUT2D eigenvalue weighted by Gasteiger charge is 2.46. The van der Waals surface area contributed by atoms with E-state index in [1.807, 2.05) is 0 Å². The first-order valence-electron chi connectivity index (χ1n) is 18.9. The summed E-state index contributed by atoms with van der Waals surface area (Å²) in [5.41, 5.74) is 16.7. The fourth-order valence-electron chi connectivity index (χ4n) is 8.48. The normalized spacial score (nSPS) is 12.9. The maximum atomic E-state index is 2.50. The summed E-state index contributed by atoms with van der Waals surface area (Å²) in [6, 6.07) is 75.9. The zero-order valence-corrected chi connectivity index (χ0v) is 31.1. The van der Waals surface area contributed by atoms with Gasteiger partial charge in [-0.15, -0.1) is 0 Å². The van der Waals surface area contributed by atoms with Crippen LogP contribution in [-0.2, 0) is 10.8 Å². The lowest BCUT2D eigenvalue weighted by molar-refractivity contribution is 0.590. The summed E-state index contributed by atoms with van der Waals surface area (Å²) >= 11 is 0. The van der Waals surface area contributed by atoms with E-state index >= 15 is 0 Å². The van der Waals surface area contributed by atoms with Crippen molar-refractivity contribution in [2.75, 3.05) is 4.90 Å². The molecule has 0 bridgehead atoms. The van der Waals surface area contributed by atoms with Crippen LogP contribution in [-0.4, -0.2) is 0 Å². The summed E-state index contributed by atoms with van der Waals surface area (Å²) in [6.45, 7) is 6.84. The van der Waals surface area contributed by atoms with Crippen molar-refractivity contribution in [2.45, 2.75) is 31.6 Å². The van der Waals surface area contributed by atoms with Gasteiger partial charge < -0.3 is 4.90 Å². The molecule has 0 saturated carbocycles. The minimum Gasteiger partial charge on any atom is -0.310 e. The number of benzene rings is 8. The van der Waals surface area contributed by atoms with Gasteiger partial charge in [0.1, 0.15) is 0 Å². The lowest BCUT2D eigenvalue weighted by atomic mass is 9.67. The Morgan fingerprint density at radius 2 is 0.852 bits per heavy atom. The van der Waals surface area contributed by atoms with Gasteiger partial charge in [0.2, 0.25) is 0 Å². The van der Waals surface area contributed by atoms with E-state index in [1.54, 1.807) is 0 Å². The van der Waals surface area contributed by atoms with Gasteiger partial charge >= 0.3 is 0 Å². The number of anilines is 3. The van der Waals surface area contributed by atoms with E-state index < -0.39 is 5.41 Å². The quantitative estimate of drug-likeness (QED) is 0.161. The molecule has 9 rings (SSSR count). The summed E-state index contributed by atoms with van der Waals surface area (Å²) < 4.78 is 0. The van der Waals surface area contributed by atoms with Crippen LogP contribution in [0.5, 0.6) is 0 Å². The standard InChI is InChI=1S/C53H43N/c1-52(2,3)41-32-28-40(29-33-41)47-36-48-46-26-16-17-27-49(46)53(42-20-10-5-11-21-42,43-22-12-6-13-23-43)50(48)37-51(47)54(44-24-14-7-15-25-44)45-34-30-39(31-35-45)38-18-8-4-9-19-38/h4-37H,1-3H3. The Morgan fingerprint density at radius 1 is 0.370 bits per heavy atom. The predicted molar refractivity (Wildman–Crippen MR) is 228 cm³/mol. The Labute approximate surface area is 319 Å². The van der Waals surface area contributed by atoms with Crippen molar-refractivity contribution < 1.29 is 0 Å². The molecular formula is C53H43N. The monoisotopic (exact) mass is 693 g/mol. The summed E-state index contributed by atoms with van der Waals surface area (Å²) in [7, 11) is 0. The highest BCUT2D eigenvalue weighted by Crippen LogP contribution is 2.58. The molecule has 0 atom stereocenters. The van der Waals surface area contributed by atoms with Crippen LogP contribution in [0.4, 0.5) is 17.1 Å². The third-order valence-electron chi connectivity index (χ3n) is 11.1. The lowest BCUT2D eigenvalue weighted by Crippen LogP contribution is -2.28. The number of fused-ring (bicyclic) bond motifs is 3. The average molecular weight is 694 g/mol. The van der Waals surface area contributed by atoms with Crippen LogP contribution in [0.2, 0.25) is 0 Å². The Kier molecular flexibility index (Phi) is 8.36. The van der Waals surface area contributed by atoms with E-state index in [2.05, 4.69) is 232 Å². The SMILES string of the molecule is CC(C)(C)c1ccc(-c2cc3c(cc2N(c2ccccc2)c2ccc(-c4ccccc4)cc2)C(c2ccccc2)(c2ccccc2)c2ccccc2-3)cc1. The summed E-state index contributed by atoms with van der Waals surface area (Å²) in [4.78, 5) is 2.45. The van der Waals surface area contributed by atoms with Crippen molar-refractivity contribution in [3.8, 4) is 33.4 Å². The van der Waals surface area contributed by atoms with E-state index in [4.69, 9.17) is 0 Å². The van der Waals surface area contributed by atoms with E-state index in [0.29, 0.717) is 0 Å². The zero-order chi connectivity index (χ0) is 36.7. The molecule has 0 aromatic heterocycles. The molecular weight excluding hydrogens is 651 g/mol. The molecule has 1 aliphatic rings. The molecule has 260 valence electrons. The second kappa shape index (κ2) is 13.5. The molecule has 1 heteroatoms. The third kappa shape index (κ3) is 5.65. The van der Waals surface area contributed by atoms with Gasteiger partial charge in [0.15, 0.2) is 0 Å². The molecule has 8 aromatic rings. The van der Waals surface area contributed by atoms with Crippen molar-refractivity contribution in [3.63, 3.8) is 0 Å². The van der Waals surface area contributed by atoms with E-state index in [-0.39, 0.29) is 5.41 Å². The second-order valence-electron chi connectivity index (χ2n) is 15.4. The first-order valence-corrected chi connectivity index (χ1v) is 18.9. The maximum absolute atomic E-state index is 2.50. The van der Waals surface area contributed by atoms with Crippen LogP contribution < -0.4 is 4.90 Å². The molecule has 0 heterocycles. The fraction of sp³-hybridized carbons (Fsp3) is 0.0943. The highest BCUT2D eigenvalue weighted by molar-refractivity contribution is 5.96. The molecule has 0 aliphatic heterocycles. The third-order valence-corrected chi connectivity index (χ3v) is 11.1. The van der Waals surface area contributed by atoms with Crippen molar-refractivity contribution in [1.29, 1.82) is 0 Å². The van der Waals surface area contributed by atoms with Crippen LogP contribution in [0.3, 0.4) is 0 Å². The Morgan fingerprint density at radius 3 is 1.44 bits per heavy atom. The van der Waals surface area contributed by atoms with E-state index in [1.165, 1.54) is 61.2 Å². The van der Waals surface area contributed by atoms with Gasteiger partial charge in [-0.1, -0.05) is 191 Å². The lowest BCUT2D eigenvalue weighted by Gasteiger charge is -2.35. The number of hydrogen-bond donors (Lipinski definition) is 0. The Bertz CT molecular complexity index is 2490. The van der Waals surface area contributed by atoms with Crippen LogP contribution in [0, 0.1) is 0 Å². The number of hydrogen-bond acceptors (Lipinski definition) is 1. The average Bonchev–Trinajstić information content (AvgIpc) is 3.52. The smallest absolute Gasteiger partial charge is 0.0714 e. The van der Waals surface area contributed by atoms with Crippen molar-refractivity contribution >= 4 is 17.1 Å². The van der Waals surface area contributed by atoms with E-state index in [9.17, 15) is 0 Å². The maximum Gasteiger partial charge on any atom is 0.0714 e. The fourth-order valence-corrected chi connectivity index (χ4v) is 8.48. The van der Waals surface area contributed by atoms with Gasteiger partial charge in [0, 0.05) is 16.9 Å². The molecule has 0 N–H and O–H groups in total. The van der Waals surface area contributed by atoms with Crippen molar-refractivity contribution in [2.24, 2.45) is 0 Å². The predicted octanol–water partition coefficient (Wildman–Crippen LogP) is 14.2. The summed E-state index contributed by atoms with van der Waals surface area (Å²) in [6.07, 6.45) is 0. The Balaban J connectivity index is 1.37. The van der Waals surface area contributed by atoms with Crippen molar-refractivity contribution in [3.05, 3.63) is 234 Å². The molecule has 1 nitrogen and oxygen atoms in total. The topological polar surface area (TPSA) is 3.24 Å². The molecule has 0 amide bonds. The molecule has 1 aliphatic carbocycles. The van der Waals surface area contributed by atoms with Gasteiger partial charge in [-0.25, -0.2) is 0 Å². The Hall–Kier alpha value is -6.44. The summed E-state index contributed by atoms with van der Waals surface area (Å²) in [5.74, 6) is 0. The van der Waals surface area contributed by atoms with E-state index in [0.717, 1.165) is 17.1 Å². The number of rotatable bonds is 7. The van der Waals surface area contributed by atoms with Gasteiger partial charge in [-0.05, 0) is 97.4 Å². The zero-order valence-electron chi connectivity index (χ0n) is 31.1. The molecule has 0 radical (unpaired) electrons. The van der Waals surface area contributed by atoms with Crippen LogP contribution >= 0.6 is 0 Å². The molecule has 54 heavy (non-hydrogen) atoms. The minimum atomic E-state index is -0.517. The van der Waals surface area contributed by atoms with Gasteiger partial charge in [0.05, 0.1) is 11.1 Å². The first-order chi connectivity index (χ1) is 26.4. The van der Waals surface area contributed by atoms with Crippen molar-refractivity contribution in [1.82, 2.24) is 0 Å². The molecule has 0 saturated heterocycles. The van der Waals surface area contributed by atoms with Crippen LogP contribution in [0.25, 0.3) is 33.4 Å². The van der Waals surface area contributed by atoms with Gasteiger partial charge in [-0.3, -0.25) is 0 Å². The molecule has 0 unspecified atom stereocenters. The number of nitrogens with zero attached hydrogens (tertiary/aromatic N) is 1. The molecule has 8 aromatic carbocycles. The highest BCUT2D eigenvalue weighted by atomic mass is 15.1. The molecule has 0 spiro atoms. The largest absolute Gasteiger partial charge is 0.310 e. The van der Waals surface area contributed by atoms with Gasteiger partial charge in [0.25, 0.3) is 0 Å². The number of para-hydroxylation sites is 1. The van der Waals surface area contributed by atoms with Crippen LogP contribution in [0.15, 0.2) is 206 Å². The minimum absolute atomic E-state index is 0.0553. The second-order valence-corrected chi connectivity index (χ2v) is 15.4. The summed E-state index contributed by atoms with van der Waals surface area (Å²) in [5, 5.41) is 0.